The van der Waals surface area contributed by atoms with E-state index in [2.05, 4.69) is 29.1 Å². The number of aromatic nitrogens is 1. The van der Waals surface area contributed by atoms with Crippen molar-refractivity contribution in [2.24, 2.45) is 5.92 Å². The minimum absolute atomic E-state index is 0.201. The van der Waals surface area contributed by atoms with Gasteiger partial charge in [-0.25, -0.2) is 10.5 Å². The van der Waals surface area contributed by atoms with Crippen LogP contribution in [0.2, 0.25) is 0 Å². The lowest BCUT2D eigenvalue weighted by Crippen LogP contribution is -2.64. The maximum absolute atomic E-state index is 11.8. The molecule has 5 rings (SSSR count). The van der Waals surface area contributed by atoms with E-state index in [-0.39, 0.29) is 5.91 Å². The van der Waals surface area contributed by atoms with Crippen LogP contribution in [0.25, 0.3) is 22.2 Å². The van der Waals surface area contributed by atoms with E-state index >= 15 is 0 Å². The zero-order valence-corrected chi connectivity index (χ0v) is 21.3. The molecule has 0 bridgehead atoms. The number of terminal acetylenes is 1. The molecule has 0 unspecified atom stereocenters. The number of nitrogens with zero attached hydrogens (tertiary/aromatic N) is 1. The zero-order valence-electron chi connectivity index (χ0n) is 21.3. The standard InChI is InChI=1S/C27H23N3O4.C5H4/c31-26-22(25(29-26)27(32)30-33)14-17-10-12-20(13-11-17)34-16-19-15-24(18-6-2-1-3-7-18)28-23-9-5-4-8-21(19)23;1-3-5-4-2/h1-13,15,22,25,33H,14,16H2,(H,29,31)(H,30,32);1H,2H3/t22-,25+;/m1./s1. The fraction of sp³-hybridized carbons (Fsp3) is 0.156. The van der Waals surface area contributed by atoms with Crippen LogP contribution >= 0.6 is 0 Å². The van der Waals surface area contributed by atoms with Crippen LogP contribution in [0.4, 0.5) is 0 Å². The van der Waals surface area contributed by atoms with Crippen molar-refractivity contribution in [2.75, 3.05) is 0 Å². The summed E-state index contributed by atoms with van der Waals surface area (Å²) in [6.45, 7) is 2.09. The number of fused-ring (bicyclic) bond motifs is 1. The van der Waals surface area contributed by atoms with Gasteiger partial charge in [-0.1, -0.05) is 66.6 Å². The number of carbonyl (C=O) groups is 2. The molecule has 7 nitrogen and oxygen atoms in total. The molecule has 2 atom stereocenters. The Labute approximate surface area is 227 Å². The lowest BCUT2D eigenvalue weighted by atomic mass is 9.84. The van der Waals surface area contributed by atoms with E-state index in [4.69, 9.17) is 21.4 Å². The minimum Gasteiger partial charge on any atom is -0.489 e. The van der Waals surface area contributed by atoms with Crippen LogP contribution < -0.4 is 15.5 Å². The first-order valence-electron chi connectivity index (χ1n) is 12.3. The van der Waals surface area contributed by atoms with Gasteiger partial charge in [0.05, 0.1) is 17.1 Å². The fourth-order valence-corrected chi connectivity index (χ4v) is 4.28. The van der Waals surface area contributed by atoms with Gasteiger partial charge >= 0.3 is 0 Å². The molecule has 194 valence electrons. The first-order valence-corrected chi connectivity index (χ1v) is 12.3. The average molecular weight is 518 g/mol. The van der Waals surface area contributed by atoms with Crippen LogP contribution in [-0.4, -0.2) is 28.0 Å². The van der Waals surface area contributed by atoms with E-state index in [9.17, 15) is 9.59 Å². The van der Waals surface area contributed by atoms with E-state index in [1.165, 1.54) is 0 Å². The summed E-state index contributed by atoms with van der Waals surface area (Å²) in [5.74, 6) is 6.47. The number of rotatable bonds is 7. The lowest BCUT2D eigenvalue weighted by Gasteiger charge is -2.34. The summed E-state index contributed by atoms with van der Waals surface area (Å²) in [6.07, 6.45) is 5.12. The monoisotopic (exact) mass is 517 g/mol. The van der Waals surface area contributed by atoms with Crippen molar-refractivity contribution >= 4 is 22.7 Å². The Balaban J connectivity index is 0.000000648. The summed E-state index contributed by atoms with van der Waals surface area (Å²) in [6, 6.07) is 26.9. The Morgan fingerprint density at radius 2 is 1.79 bits per heavy atom. The van der Waals surface area contributed by atoms with Crippen LogP contribution in [0, 0.1) is 30.1 Å². The molecular formula is C32H27N3O4. The Morgan fingerprint density at radius 3 is 2.44 bits per heavy atom. The van der Waals surface area contributed by atoms with E-state index in [0.29, 0.717) is 18.8 Å². The van der Waals surface area contributed by atoms with E-state index in [0.717, 1.165) is 33.3 Å². The molecule has 0 aliphatic carbocycles. The van der Waals surface area contributed by atoms with Crippen LogP contribution in [0.3, 0.4) is 0 Å². The zero-order chi connectivity index (χ0) is 27.6. The highest BCUT2D eigenvalue weighted by Crippen LogP contribution is 2.27. The van der Waals surface area contributed by atoms with Crippen LogP contribution in [0.1, 0.15) is 18.1 Å². The largest absolute Gasteiger partial charge is 0.489 e. The number of hydroxylamine groups is 1. The number of nitrogens with one attached hydrogen (secondary N) is 2. The van der Waals surface area contributed by atoms with Gasteiger partial charge < -0.3 is 10.1 Å². The normalized spacial score (nSPS) is 15.3. The number of amides is 2. The van der Waals surface area contributed by atoms with Crippen molar-refractivity contribution in [3.05, 3.63) is 96.1 Å². The molecule has 1 fully saturated rings. The molecular weight excluding hydrogens is 490 g/mol. The number of hydrogen-bond donors (Lipinski definition) is 3. The van der Waals surface area contributed by atoms with Crippen molar-refractivity contribution in [2.45, 2.75) is 26.0 Å². The number of para-hydroxylation sites is 1. The van der Waals surface area contributed by atoms with Gasteiger partial charge in [0.25, 0.3) is 5.91 Å². The number of pyridine rings is 1. The predicted molar refractivity (Wildman–Crippen MR) is 149 cm³/mol. The van der Waals surface area contributed by atoms with Crippen molar-refractivity contribution < 1.29 is 19.5 Å². The SMILES string of the molecule is C#CC#CC.O=C(NO)[C@H]1NC(=O)[C@@H]1Cc1ccc(OCc2cc(-c3ccccc3)nc3ccccc23)cc1. The number of benzene rings is 3. The summed E-state index contributed by atoms with van der Waals surface area (Å²) < 4.78 is 6.08. The summed E-state index contributed by atoms with van der Waals surface area (Å²) in [4.78, 5) is 28.3. The molecule has 7 heteroatoms. The Morgan fingerprint density at radius 1 is 1.08 bits per heavy atom. The van der Waals surface area contributed by atoms with E-state index in [1.54, 1.807) is 12.4 Å². The van der Waals surface area contributed by atoms with E-state index < -0.39 is 17.9 Å². The number of ether oxygens (including phenoxy) is 1. The van der Waals surface area contributed by atoms with Crippen LogP contribution in [-0.2, 0) is 22.6 Å². The van der Waals surface area contributed by atoms with Gasteiger partial charge in [0.2, 0.25) is 5.91 Å². The van der Waals surface area contributed by atoms with E-state index in [1.807, 2.05) is 78.9 Å². The molecule has 1 aliphatic heterocycles. The molecule has 1 aromatic heterocycles. The van der Waals surface area contributed by atoms with Crippen molar-refractivity contribution in [1.29, 1.82) is 0 Å². The summed E-state index contributed by atoms with van der Waals surface area (Å²) in [5.41, 5.74) is 6.40. The Kier molecular flexibility index (Phi) is 8.92. The summed E-state index contributed by atoms with van der Waals surface area (Å²) >= 11 is 0. The molecule has 3 aromatic carbocycles. The molecule has 0 saturated carbocycles. The Hall–Kier alpha value is -5.11. The maximum Gasteiger partial charge on any atom is 0.266 e. The van der Waals surface area contributed by atoms with Crippen LogP contribution in [0.15, 0.2) is 84.9 Å². The van der Waals surface area contributed by atoms with Crippen molar-refractivity contribution in [3.8, 4) is 41.2 Å². The Bertz CT molecular complexity index is 1560. The van der Waals surface area contributed by atoms with Crippen molar-refractivity contribution in [1.82, 2.24) is 15.8 Å². The number of carbonyl (C=O) groups excluding carboxylic acids is 2. The molecule has 4 aromatic rings. The predicted octanol–water partition coefficient (Wildman–Crippen LogP) is 4.29. The quantitative estimate of drug-likeness (QED) is 0.147. The first-order chi connectivity index (χ1) is 19.0. The average Bonchev–Trinajstić information content (AvgIpc) is 2.98. The van der Waals surface area contributed by atoms with Gasteiger partial charge in [0.1, 0.15) is 18.4 Å². The highest BCUT2D eigenvalue weighted by Gasteiger charge is 2.43. The van der Waals surface area contributed by atoms with Gasteiger partial charge in [-0.3, -0.25) is 14.8 Å². The van der Waals surface area contributed by atoms with Crippen molar-refractivity contribution in [3.63, 3.8) is 0 Å². The molecule has 0 spiro atoms. The molecule has 3 N–H and O–H groups in total. The second-order valence-electron chi connectivity index (χ2n) is 8.77. The van der Waals surface area contributed by atoms with Gasteiger partial charge in [-0.2, -0.15) is 0 Å². The molecule has 2 heterocycles. The highest BCUT2D eigenvalue weighted by atomic mass is 16.5. The maximum atomic E-state index is 11.8. The number of hydrogen-bond acceptors (Lipinski definition) is 5. The van der Waals surface area contributed by atoms with Gasteiger partial charge in [0.15, 0.2) is 0 Å². The molecule has 1 saturated heterocycles. The summed E-state index contributed by atoms with van der Waals surface area (Å²) in [5, 5.41) is 12.4. The molecule has 39 heavy (non-hydrogen) atoms. The molecule has 0 radical (unpaired) electrons. The van der Waals surface area contributed by atoms with Gasteiger partial charge in [-0.15, -0.1) is 6.42 Å². The topological polar surface area (TPSA) is 101 Å². The third-order valence-corrected chi connectivity index (χ3v) is 6.27. The summed E-state index contributed by atoms with van der Waals surface area (Å²) in [7, 11) is 0. The van der Waals surface area contributed by atoms with Gasteiger partial charge in [-0.05, 0) is 55.0 Å². The third kappa shape index (κ3) is 6.61. The highest BCUT2D eigenvalue weighted by molar-refractivity contribution is 5.99. The van der Waals surface area contributed by atoms with Crippen LogP contribution in [0.5, 0.6) is 5.75 Å². The fourth-order valence-electron chi connectivity index (χ4n) is 4.28. The smallest absolute Gasteiger partial charge is 0.266 e. The van der Waals surface area contributed by atoms with Gasteiger partial charge in [0, 0.05) is 16.5 Å². The second-order valence-corrected chi connectivity index (χ2v) is 8.77. The number of β-lactam (4-membered cyclic amide) rings is 1. The molecule has 1 aliphatic rings. The molecule has 2 amide bonds. The second kappa shape index (κ2) is 12.9. The first kappa shape index (κ1) is 26.9. The minimum atomic E-state index is -0.716. The third-order valence-electron chi connectivity index (χ3n) is 6.27. The lowest BCUT2D eigenvalue weighted by molar-refractivity contribution is -0.147.